The Bertz CT molecular complexity index is 887. The topological polar surface area (TPSA) is 132 Å². The molecule has 0 fully saturated rings. The average molecular weight is 426 g/mol. The van der Waals surface area contributed by atoms with Crippen LogP contribution in [0.15, 0.2) is 65.7 Å². The summed E-state index contributed by atoms with van der Waals surface area (Å²) in [6, 6.07) is 16.9. The van der Waals surface area contributed by atoms with Crippen LogP contribution in [0.3, 0.4) is 0 Å². The zero-order valence-electron chi connectivity index (χ0n) is 17.2. The number of esters is 1. The maximum absolute atomic E-state index is 12.0. The first-order chi connectivity index (χ1) is 15.0. The number of aliphatic imine (C=N–C) groups is 1. The Kier molecular flexibility index (Phi) is 9.54. The molecule has 164 valence electrons. The largest absolute Gasteiger partial charge is 0.467 e. The SMILES string of the molecule is COC(=O)C(CCCN=C(N)NC(=O)c1ccccc1)NC(=O)OCc1ccccc1. The number of rotatable bonds is 9. The minimum Gasteiger partial charge on any atom is -0.467 e. The monoisotopic (exact) mass is 426 g/mol. The second kappa shape index (κ2) is 12.6. The molecule has 0 radical (unpaired) electrons. The van der Waals surface area contributed by atoms with Crippen LogP contribution in [0.5, 0.6) is 0 Å². The number of carbonyl (C=O) groups excluding carboxylic acids is 3. The number of nitrogens with one attached hydrogen (secondary N) is 2. The highest BCUT2D eigenvalue weighted by Crippen LogP contribution is 2.04. The Morgan fingerprint density at radius 2 is 1.68 bits per heavy atom. The lowest BCUT2D eigenvalue weighted by atomic mass is 10.1. The molecule has 0 bridgehead atoms. The molecule has 0 saturated heterocycles. The van der Waals surface area contributed by atoms with Crippen LogP contribution in [-0.4, -0.2) is 43.6 Å². The summed E-state index contributed by atoms with van der Waals surface area (Å²) in [5, 5.41) is 4.98. The van der Waals surface area contributed by atoms with E-state index in [2.05, 4.69) is 15.6 Å². The van der Waals surface area contributed by atoms with Gasteiger partial charge < -0.3 is 20.5 Å². The van der Waals surface area contributed by atoms with Crippen molar-refractivity contribution < 1.29 is 23.9 Å². The van der Waals surface area contributed by atoms with E-state index in [1.165, 1.54) is 7.11 Å². The van der Waals surface area contributed by atoms with Crippen molar-refractivity contribution in [2.45, 2.75) is 25.5 Å². The number of nitrogens with two attached hydrogens (primary N) is 1. The molecule has 0 saturated carbocycles. The molecular formula is C22H26N4O5. The second-order valence-electron chi connectivity index (χ2n) is 6.51. The maximum Gasteiger partial charge on any atom is 0.408 e. The van der Waals surface area contributed by atoms with Crippen molar-refractivity contribution in [2.24, 2.45) is 10.7 Å². The predicted octanol–water partition coefficient (Wildman–Crippen LogP) is 1.98. The van der Waals surface area contributed by atoms with E-state index in [-0.39, 0.29) is 31.4 Å². The van der Waals surface area contributed by atoms with Crippen molar-refractivity contribution in [2.75, 3.05) is 13.7 Å². The molecule has 0 aliphatic carbocycles. The molecule has 0 heterocycles. The number of ether oxygens (including phenoxy) is 2. The molecule has 2 aromatic carbocycles. The molecule has 9 nitrogen and oxygen atoms in total. The summed E-state index contributed by atoms with van der Waals surface area (Å²) in [7, 11) is 1.24. The molecule has 2 rings (SSSR count). The van der Waals surface area contributed by atoms with Gasteiger partial charge in [0, 0.05) is 12.1 Å². The van der Waals surface area contributed by atoms with Crippen LogP contribution < -0.4 is 16.4 Å². The quantitative estimate of drug-likeness (QED) is 0.243. The third-order valence-corrected chi connectivity index (χ3v) is 4.20. The van der Waals surface area contributed by atoms with E-state index >= 15 is 0 Å². The van der Waals surface area contributed by atoms with Gasteiger partial charge in [-0.2, -0.15) is 0 Å². The van der Waals surface area contributed by atoms with Gasteiger partial charge >= 0.3 is 12.1 Å². The number of alkyl carbamates (subject to hydrolysis) is 1. The van der Waals surface area contributed by atoms with E-state index in [0.29, 0.717) is 12.0 Å². The Labute approximate surface area is 180 Å². The van der Waals surface area contributed by atoms with Crippen molar-refractivity contribution >= 4 is 23.9 Å². The first kappa shape index (κ1) is 23.4. The number of nitrogens with zero attached hydrogens (tertiary/aromatic N) is 1. The van der Waals surface area contributed by atoms with Crippen LogP contribution in [0, 0.1) is 0 Å². The molecule has 0 spiro atoms. The van der Waals surface area contributed by atoms with Crippen molar-refractivity contribution in [3.8, 4) is 0 Å². The second-order valence-corrected chi connectivity index (χ2v) is 6.51. The van der Waals surface area contributed by atoms with Crippen LogP contribution in [0.1, 0.15) is 28.8 Å². The third kappa shape index (κ3) is 8.57. The Morgan fingerprint density at radius 3 is 2.32 bits per heavy atom. The summed E-state index contributed by atoms with van der Waals surface area (Å²) in [5.41, 5.74) is 7.02. The standard InChI is InChI=1S/C22H26N4O5/c1-30-20(28)18(25-22(29)31-15-16-9-4-2-5-10-16)13-8-14-24-21(23)26-19(27)17-11-6-3-7-12-17/h2-7,9-12,18H,8,13-15H2,1H3,(H,25,29)(H3,23,24,26,27). The molecule has 1 atom stereocenters. The van der Waals surface area contributed by atoms with Gasteiger partial charge in [-0.25, -0.2) is 9.59 Å². The maximum atomic E-state index is 12.0. The number of hydrogen-bond donors (Lipinski definition) is 3. The highest BCUT2D eigenvalue weighted by atomic mass is 16.6. The Hall–Kier alpha value is -3.88. The highest BCUT2D eigenvalue weighted by molar-refractivity contribution is 6.05. The van der Waals surface area contributed by atoms with Gasteiger partial charge in [-0.3, -0.25) is 15.1 Å². The fourth-order valence-electron chi connectivity index (χ4n) is 2.61. The Balaban J connectivity index is 1.77. The van der Waals surface area contributed by atoms with Crippen LogP contribution in [0.2, 0.25) is 0 Å². The average Bonchev–Trinajstić information content (AvgIpc) is 2.80. The van der Waals surface area contributed by atoms with E-state index in [0.717, 1.165) is 5.56 Å². The smallest absolute Gasteiger partial charge is 0.408 e. The van der Waals surface area contributed by atoms with Crippen LogP contribution in [0.25, 0.3) is 0 Å². The van der Waals surface area contributed by atoms with Gasteiger partial charge in [0.2, 0.25) is 0 Å². The molecular weight excluding hydrogens is 400 g/mol. The molecule has 0 aliphatic heterocycles. The molecule has 0 aliphatic rings. The molecule has 0 aromatic heterocycles. The fourth-order valence-corrected chi connectivity index (χ4v) is 2.61. The summed E-state index contributed by atoms with van der Waals surface area (Å²) in [6.45, 7) is 0.331. The van der Waals surface area contributed by atoms with Crippen molar-refractivity contribution in [3.05, 3.63) is 71.8 Å². The minimum absolute atomic E-state index is 0.0290. The molecule has 31 heavy (non-hydrogen) atoms. The zero-order chi connectivity index (χ0) is 22.5. The first-order valence-electron chi connectivity index (χ1n) is 9.71. The van der Waals surface area contributed by atoms with Crippen LogP contribution >= 0.6 is 0 Å². The summed E-state index contributed by atoms with van der Waals surface area (Å²) in [5.74, 6) is -0.984. The molecule has 9 heteroatoms. The number of guanidine groups is 1. The van der Waals surface area contributed by atoms with Crippen molar-refractivity contribution in [1.82, 2.24) is 10.6 Å². The highest BCUT2D eigenvalue weighted by Gasteiger charge is 2.21. The molecule has 2 aromatic rings. The molecule has 4 N–H and O–H groups in total. The van der Waals surface area contributed by atoms with Gasteiger partial charge in [-0.05, 0) is 30.5 Å². The molecule has 2 amide bonds. The van der Waals surface area contributed by atoms with E-state index < -0.39 is 18.1 Å². The van der Waals surface area contributed by atoms with Gasteiger partial charge in [0.25, 0.3) is 5.91 Å². The summed E-state index contributed by atoms with van der Waals surface area (Å²) >= 11 is 0. The molecule has 1 unspecified atom stereocenters. The number of amides is 2. The van der Waals surface area contributed by atoms with E-state index in [9.17, 15) is 14.4 Å². The van der Waals surface area contributed by atoms with Crippen LogP contribution in [-0.2, 0) is 20.9 Å². The first-order valence-corrected chi connectivity index (χ1v) is 9.71. The van der Waals surface area contributed by atoms with Gasteiger partial charge in [0.15, 0.2) is 5.96 Å². The van der Waals surface area contributed by atoms with Crippen molar-refractivity contribution in [3.63, 3.8) is 0 Å². The van der Waals surface area contributed by atoms with Gasteiger partial charge in [0.05, 0.1) is 7.11 Å². The van der Waals surface area contributed by atoms with Crippen molar-refractivity contribution in [1.29, 1.82) is 0 Å². The number of hydrogen-bond acceptors (Lipinski definition) is 6. The fraction of sp³-hybridized carbons (Fsp3) is 0.273. The number of methoxy groups -OCH3 is 1. The van der Waals surface area contributed by atoms with E-state index in [1.807, 2.05) is 30.3 Å². The number of benzene rings is 2. The Morgan fingerprint density at radius 1 is 1.03 bits per heavy atom. The zero-order valence-corrected chi connectivity index (χ0v) is 17.2. The summed E-state index contributed by atoms with van der Waals surface area (Å²) < 4.78 is 9.86. The lowest BCUT2D eigenvalue weighted by molar-refractivity contribution is -0.143. The van der Waals surface area contributed by atoms with Crippen LogP contribution in [0.4, 0.5) is 4.79 Å². The lowest BCUT2D eigenvalue weighted by Gasteiger charge is -2.16. The van der Waals surface area contributed by atoms with E-state index in [1.54, 1.807) is 30.3 Å². The van der Waals surface area contributed by atoms with Gasteiger partial charge in [-0.15, -0.1) is 0 Å². The summed E-state index contributed by atoms with van der Waals surface area (Å²) in [4.78, 5) is 40.0. The minimum atomic E-state index is -0.886. The van der Waals surface area contributed by atoms with Gasteiger partial charge in [-0.1, -0.05) is 48.5 Å². The van der Waals surface area contributed by atoms with E-state index in [4.69, 9.17) is 15.2 Å². The number of carbonyl (C=O) groups is 3. The lowest BCUT2D eigenvalue weighted by Crippen LogP contribution is -2.42. The summed E-state index contributed by atoms with van der Waals surface area (Å²) in [6.07, 6.45) is -0.0469. The predicted molar refractivity (Wildman–Crippen MR) is 115 cm³/mol. The van der Waals surface area contributed by atoms with Gasteiger partial charge in [0.1, 0.15) is 12.6 Å². The third-order valence-electron chi connectivity index (χ3n) is 4.20. The normalized spacial score (nSPS) is 11.8.